The van der Waals surface area contributed by atoms with Crippen LogP contribution in [0.25, 0.3) is 0 Å². The highest BCUT2D eigenvalue weighted by atomic mass is 32.2. The molecule has 0 radical (unpaired) electrons. The molecular weight excluding hydrogens is 410 g/mol. The largest absolute Gasteiger partial charge is 0.465 e. The molecule has 1 aliphatic heterocycles. The summed E-state index contributed by atoms with van der Waals surface area (Å²) in [6, 6.07) is 26.2. The number of carbonyl (C=O) groups excluding carboxylic acids is 1. The molecule has 4 rings (SSSR count). The second kappa shape index (κ2) is 8.65. The van der Waals surface area contributed by atoms with Crippen LogP contribution in [0.4, 0.5) is 0 Å². The Hall–Kier alpha value is -2.96. The minimum absolute atomic E-state index is 0.128. The van der Waals surface area contributed by atoms with Crippen molar-refractivity contribution in [3.05, 3.63) is 102 Å². The van der Waals surface area contributed by atoms with Gasteiger partial charge in [0.05, 0.1) is 23.6 Å². The minimum atomic E-state index is -3.28. The van der Waals surface area contributed by atoms with Crippen LogP contribution in [0, 0.1) is 0 Å². The van der Waals surface area contributed by atoms with Crippen molar-refractivity contribution in [1.82, 2.24) is 4.90 Å². The van der Waals surface area contributed by atoms with Crippen LogP contribution in [0.2, 0.25) is 0 Å². The van der Waals surface area contributed by atoms with Gasteiger partial charge in [0.2, 0.25) is 0 Å². The Morgan fingerprint density at radius 2 is 1.42 bits per heavy atom. The number of nitrogens with zero attached hydrogens (tertiary/aromatic N) is 1. The second-order valence-electron chi connectivity index (χ2n) is 7.65. The van der Waals surface area contributed by atoms with Crippen LogP contribution in [0.15, 0.2) is 89.8 Å². The molecule has 31 heavy (non-hydrogen) atoms. The maximum absolute atomic E-state index is 12.8. The number of benzene rings is 3. The van der Waals surface area contributed by atoms with Crippen LogP contribution in [0.3, 0.4) is 0 Å². The predicted molar refractivity (Wildman–Crippen MR) is 119 cm³/mol. The molecule has 6 heteroatoms. The van der Waals surface area contributed by atoms with Gasteiger partial charge in [-0.3, -0.25) is 9.69 Å². The standard InChI is InChI=1S/C25H25NO4S/c1-3-30-25(27)24-23(20-14-16-21(17-15-20)31(2,28)29)26(24)22(18-10-6-4-7-11-18)19-12-8-5-9-13-19/h4-17,22-24H,3H2,1-2H3/t23-,24-,26?/m0/s1. The van der Waals surface area contributed by atoms with Crippen LogP contribution in [0.1, 0.15) is 35.7 Å². The first-order chi connectivity index (χ1) is 14.9. The first kappa shape index (κ1) is 21.3. The van der Waals surface area contributed by atoms with Gasteiger partial charge in [-0.25, -0.2) is 8.42 Å². The highest BCUT2D eigenvalue weighted by Gasteiger charge is 2.58. The summed E-state index contributed by atoms with van der Waals surface area (Å²) in [5.41, 5.74) is 3.05. The molecule has 3 atom stereocenters. The molecule has 0 aromatic heterocycles. The van der Waals surface area contributed by atoms with Gasteiger partial charge in [0.25, 0.3) is 0 Å². The van der Waals surface area contributed by atoms with E-state index in [1.54, 1.807) is 31.2 Å². The molecule has 0 N–H and O–H groups in total. The monoisotopic (exact) mass is 435 g/mol. The Labute approximate surface area is 183 Å². The van der Waals surface area contributed by atoms with Crippen molar-refractivity contribution in [2.24, 2.45) is 0 Å². The summed E-state index contributed by atoms with van der Waals surface area (Å²) < 4.78 is 29.1. The smallest absolute Gasteiger partial charge is 0.325 e. The SMILES string of the molecule is CCOC(=O)[C@@H]1[C@H](c2ccc(S(C)(=O)=O)cc2)N1C(c1ccccc1)c1ccccc1. The average molecular weight is 436 g/mol. The van der Waals surface area contributed by atoms with Gasteiger partial charge in [-0.1, -0.05) is 72.8 Å². The molecule has 160 valence electrons. The average Bonchev–Trinajstić information content (AvgIpc) is 3.50. The number of sulfone groups is 1. The molecular formula is C25H25NO4S. The van der Waals surface area contributed by atoms with Gasteiger partial charge in [-0.15, -0.1) is 0 Å². The van der Waals surface area contributed by atoms with Crippen LogP contribution in [0.5, 0.6) is 0 Å². The van der Waals surface area contributed by atoms with E-state index in [-0.39, 0.29) is 22.9 Å². The maximum atomic E-state index is 12.8. The van der Waals surface area contributed by atoms with Crippen molar-refractivity contribution < 1.29 is 17.9 Å². The lowest BCUT2D eigenvalue weighted by molar-refractivity contribution is -0.143. The van der Waals surface area contributed by atoms with Crippen molar-refractivity contribution in [3.8, 4) is 0 Å². The van der Waals surface area contributed by atoms with E-state index in [4.69, 9.17) is 4.74 Å². The van der Waals surface area contributed by atoms with Crippen molar-refractivity contribution in [1.29, 1.82) is 0 Å². The van der Waals surface area contributed by atoms with Crippen molar-refractivity contribution in [3.63, 3.8) is 0 Å². The molecule has 0 aliphatic carbocycles. The summed E-state index contributed by atoms with van der Waals surface area (Å²) in [5.74, 6) is -0.267. The lowest BCUT2D eigenvalue weighted by Crippen LogP contribution is -2.20. The molecule has 0 spiro atoms. The van der Waals surface area contributed by atoms with Crippen molar-refractivity contribution in [2.75, 3.05) is 12.9 Å². The third-order valence-electron chi connectivity index (χ3n) is 5.56. The minimum Gasteiger partial charge on any atom is -0.465 e. The molecule has 3 aromatic rings. The Morgan fingerprint density at radius 3 is 1.87 bits per heavy atom. The number of hydrogen-bond donors (Lipinski definition) is 0. The van der Waals surface area contributed by atoms with Gasteiger partial charge in [0.15, 0.2) is 9.84 Å². The van der Waals surface area contributed by atoms with Crippen molar-refractivity contribution in [2.45, 2.75) is 29.9 Å². The van der Waals surface area contributed by atoms with Gasteiger partial charge >= 0.3 is 5.97 Å². The van der Waals surface area contributed by atoms with Gasteiger partial charge in [-0.2, -0.15) is 0 Å². The summed E-state index contributed by atoms with van der Waals surface area (Å²) in [6.07, 6.45) is 1.19. The van der Waals surface area contributed by atoms with E-state index in [2.05, 4.69) is 29.2 Å². The number of ether oxygens (including phenoxy) is 1. The fraction of sp³-hybridized carbons (Fsp3) is 0.240. The maximum Gasteiger partial charge on any atom is 0.325 e. The van der Waals surface area contributed by atoms with Gasteiger partial charge in [0, 0.05) is 6.26 Å². The number of esters is 1. The van der Waals surface area contributed by atoms with Crippen molar-refractivity contribution >= 4 is 15.8 Å². The van der Waals surface area contributed by atoms with E-state index in [9.17, 15) is 13.2 Å². The van der Waals surface area contributed by atoms with E-state index in [1.807, 2.05) is 36.4 Å². The molecule has 0 saturated carbocycles. The summed E-state index contributed by atoms with van der Waals surface area (Å²) >= 11 is 0. The van der Waals surface area contributed by atoms with Gasteiger partial charge < -0.3 is 4.74 Å². The highest BCUT2D eigenvalue weighted by Crippen LogP contribution is 2.52. The zero-order chi connectivity index (χ0) is 22.0. The molecule has 0 bridgehead atoms. The topological polar surface area (TPSA) is 63.5 Å². The number of rotatable bonds is 7. The molecule has 1 heterocycles. The third kappa shape index (κ3) is 4.40. The van der Waals surface area contributed by atoms with E-state index in [1.165, 1.54) is 6.26 Å². The Kier molecular flexibility index (Phi) is 5.94. The van der Waals surface area contributed by atoms with Crippen LogP contribution < -0.4 is 0 Å². The van der Waals surface area contributed by atoms with E-state index in [0.29, 0.717) is 6.61 Å². The highest BCUT2D eigenvalue weighted by molar-refractivity contribution is 7.90. The zero-order valence-electron chi connectivity index (χ0n) is 17.5. The summed E-state index contributed by atoms with van der Waals surface area (Å²) in [7, 11) is -3.28. The summed E-state index contributed by atoms with van der Waals surface area (Å²) in [5, 5.41) is 0. The third-order valence-corrected chi connectivity index (χ3v) is 6.69. The number of carbonyl (C=O) groups is 1. The van der Waals surface area contributed by atoms with E-state index in [0.717, 1.165) is 16.7 Å². The van der Waals surface area contributed by atoms with Gasteiger partial charge in [-0.05, 0) is 35.7 Å². The first-order valence-corrected chi connectivity index (χ1v) is 12.1. The molecule has 1 unspecified atom stereocenters. The number of hydrogen-bond acceptors (Lipinski definition) is 5. The van der Waals surface area contributed by atoms with E-state index >= 15 is 0 Å². The van der Waals surface area contributed by atoms with Crippen LogP contribution in [-0.2, 0) is 19.4 Å². The van der Waals surface area contributed by atoms with Crippen LogP contribution in [-0.4, -0.2) is 38.2 Å². The predicted octanol–water partition coefficient (Wildman–Crippen LogP) is 4.17. The normalized spacial score (nSPS) is 20.4. The lowest BCUT2D eigenvalue weighted by Gasteiger charge is -2.21. The molecule has 1 aliphatic rings. The fourth-order valence-electron chi connectivity index (χ4n) is 4.12. The Balaban J connectivity index is 1.76. The molecule has 1 fully saturated rings. The summed E-state index contributed by atoms with van der Waals surface area (Å²) in [6.45, 7) is 2.11. The molecule has 0 amide bonds. The Bertz CT molecular complexity index is 1110. The quantitative estimate of drug-likeness (QED) is 0.412. The molecule has 3 aromatic carbocycles. The molecule has 5 nitrogen and oxygen atoms in total. The first-order valence-electron chi connectivity index (χ1n) is 10.3. The van der Waals surface area contributed by atoms with E-state index < -0.39 is 15.9 Å². The zero-order valence-corrected chi connectivity index (χ0v) is 18.3. The van der Waals surface area contributed by atoms with Gasteiger partial charge in [0.1, 0.15) is 6.04 Å². The second-order valence-corrected chi connectivity index (χ2v) is 9.67. The lowest BCUT2D eigenvalue weighted by atomic mass is 9.98. The Morgan fingerprint density at radius 1 is 0.903 bits per heavy atom. The van der Waals surface area contributed by atoms with Crippen LogP contribution >= 0.6 is 0 Å². The molecule has 1 saturated heterocycles. The summed E-state index contributed by atoms with van der Waals surface area (Å²) in [4.78, 5) is 15.2. The fourth-order valence-corrected chi connectivity index (χ4v) is 4.75.